The Morgan fingerprint density at radius 1 is 1.29 bits per heavy atom. The summed E-state index contributed by atoms with van der Waals surface area (Å²) in [4.78, 5) is 30.9. The summed E-state index contributed by atoms with van der Waals surface area (Å²) in [6.07, 6.45) is 0.962. The van der Waals surface area contributed by atoms with Crippen LogP contribution in [0.5, 0.6) is 5.75 Å². The first-order valence-electron chi connectivity index (χ1n) is 9.37. The van der Waals surface area contributed by atoms with Gasteiger partial charge in [0.25, 0.3) is 0 Å². The van der Waals surface area contributed by atoms with E-state index in [9.17, 15) is 9.59 Å². The SMILES string of the molecule is CCCOc1ccc(CNC(=O)CN2C(=O)CSc3nc(C)cc(C)c32)cc1. The van der Waals surface area contributed by atoms with Gasteiger partial charge in [0.05, 0.1) is 18.0 Å². The lowest BCUT2D eigenvalue weighted by atomic mass is 10.2. The van der Waals surface area contributed by atoms with Gasteiger partial charge in [-0.2, -0.15) is 0 Å². The van der Waals surface area contributed by atoms with Crippen LogP contribution in [-0.4, -0.2) is 35.7 Å². The highest BCUT2D eigenvalue weighted by atomic mass is 32.2. The predicted molar refractivity (Wildman–Crippen MR) is 111 cm³/mol. The minimum atomic E-state index is -0.197. The second-order valence-corrected chi connectivity index (χ2v) is 7.74. The fourth-order valence-electron chi connectivity index (χ4n) is 3.05. The molecule has 0 unspecified atom stereocenters. The first-order chi connectivity index (χ1) is 13.5. The Balaban J connectivity index is 1.61. The largest absolute Gasteiger partial charge is 0.494 e. The Morgan fingerprint density at radius 3 is 2.75 bits per heavy atom. The number of thioether (sulfide) groups is 1. The van der Waals surface area contributed by atoms with Crippen LogP contribution in [0, 0.1) is 13.8 Å². The van der Waals surface area contributed by atoms with E-state index in [0.717, 1.165) is 39.7 Å². The number of rotatable bonds is 7. The molecular formula is C21H25N3O3S. The van der Waals surface area contributed by atoms with Gasteiger partial charge in [-0.3, -0.25) is 14.5 Å². The molecule has 0 fully saturated rings. The van der Waals surface area contributed by atoms with Gasteiger partial charge in [0.2, 0.25) is 11.8 Å². The van der Waals surface area contributed by atoms with E-state index < -0.39 is 0 Å². The molecule has 0 spiro atoms. The average molecular weight is 400 g/mol. The van der Waals surface area contributed by atoms with E-state index in [-0.39, 0.29) is 18.4 Å². The van der Waals surface area contributed by atoms with E-state index >= 15 is 0 Å². The van der Waals surface area contributed by atoms with Gasteiger partial charge in [-0.25, -0.2) is 4.98 Å². The topological polar surface area (TPSA) is 71.5 Å². The maximum atomic E-state index is 12.5. The molecule has 0 radical (unpaired) electrons. The molecule has 0 atom stereocenters. The Kier molecular flexibility index (Phi) is 6.57. The van der Waals surface area contributed by atoms with Crippen molar-refractivity contribution in [1.82, 2.24) is 10.3 Å². The van der Waals surface area contributed by atoms with Crippen molar-refractivity contribution in [3.05, 3.63) is 47.2 Å². The number of hydrogen-bond donors (Lipinski definition) is 1. The highest BCUT2D eigenvalue weighted by Gasteiger charge is 2.29. The molecule has 2 amide bonds. The van der Waals surface area contributed by atoms with Gasteiger partial charge >= 0.3 is 0 Å². The van der Waals surface area contributed by atoms with Crippen LogP contribution in [0.2, 0.25) is 0 Å². The minimum Gasteiger partial charge on any atom is -0.494 e. The van der Waals surface area contributed by atoms with Crippen LogP contribution in [0.1, 0.15) is 30.2 Å². The number of hydrogen-bond acceptors (Lipinski definition) is 5. The first kappa shape index (κ1) is 20.2. The molecule has 0 bridgehead atoms. The molecule has 1 aliphatic rings. The zero-order valence-electron chi connectivity index (χ0n) is 16.4. The van der Waals surface area contributed by atoms with Gasteiger partial charge in [0.1, 0.15) is 17.3 Å². The van der Waals surface area contributed by atoms with Crippen LogP contribution in [0.15, 0.2) is 35.4 Å². The number of pyridine rings is 1. The number of carbonyl (C=O) groups excluding carboxylic acids is 2. The third-order valence-corrected chi connectivity index (χ3v) is 5.32. The van der Waals surface area contributed by atoms with Crippen LogP contribution in [-0.2, 0) is 16.1 Å². The third-order valence-electron chi connectivity index (χ3n) is 4.37. The van der Waals surface area contributed by atoms with Crippen LogP contribution < -0.4 is 15.0 Å². The fraction of sp³-hybridized carbons (Fsp3) is 0.381. The molecule has 28 heavy (non-hydrogen) atoms. The van der Waals surface area contributed by atoms with Crippen LogP contribution in [0.25, 0.3) is 0 Å². The third kappa shape index (κ3) is 4.84. The van der Waals surface area contributed by atoms with Crippen molar-refractivity contribution in [3.63, 3.8) is 0 Å². The molecule has 2 heterocycles. The lowest BCUT2D eigenvalue weighted by Crippen LogP contribution is -2.43. The van der Waals surface area contributed by atoms with Crippen molar-refractivity contribution < 1.29 is 14.3 Å². The Hall–Kier alpha value is -2.54. The number of aromatic nitrogens is 1. The summed E-state index contributed by atoms with van der Waals surface area (Å²) in [7, 11) is 0. The number of aryl methyl sites for hydroxylation is 2. The van der Waals surface area contributed by atoms with E-state index in [1.165, 1.54) is 11.8 Å². The molecule has 3 rings (SSSR count). The number of nitrogens with one attached hydrogen (secondary N) is 1. The molecule has 2 aromatic rings. The smallest absolute Gasteiger partial charge is 0.240 e. The van der Waals surface area contributed by atoms with Gasteiger partial charge in [-0.1, -0.05) is 30.8 Å². The molecule has 0 saturated heterocycles. The number of amides is 2. The summed E-state index contributed by atoms with van der Waals surface area (Å²) < 4.78 is 5.56. The van der Waals surface area contributed by atoms with E-state index in [2.05, 4.69) is 17.2 Å². The maximum Gasteiger partial charge on any atom is 0.240 e. The Bertz CT molecular complexity index is 868. The van der Waals surface area contributed by atoms with Crippen molar-refractivity contribution >= 4 is 29.3 Å². The van der Waals surface area contributed by atoms with E-state index in [4.69, 9.17) is 4.74 Å². The Morgan fingerprint density at radius 2 is 2.04 bits per heavy atom. The summed E-state index contributed by atoms with van der Waals surface area (Å²) in [5, 5.41) is 3.70. The molecule has 0 aliphatic carbocycles. The standard InChI is InChI=1S/C21H25N3O3S/c1-4-9-27-17-7-5-16(6-8-17)11-22-18(25)12-24-19(26)13-28-21-20(24)14(2)10-15(3)23-21/h5-8,10H,4,9,11-13H2,1-3H3,(H,22,25). The lowest BCUT2D eigenvalue weighted by molar-refractivity contribution is -0.123. The van der Waals surface area contributed by atoms with E-state index in [1.807, 2.05) is 44.2 Å². The number of ether oxygens (including phenoxy) is 1. The van der Waals surface area contributed by atoms with E-state index in [0.29, 0.717) is 18.9 Å². The van der Waals surface area contributed by atoms with Gasteiger partial charge in [0, 0.05) is 12.2 Å². The average Bonchev–Trinajstić information content (AvgIpc) is 2.67. The number of carbonyl (C=O) groups is 2. The van der Waals surface area contributed by atoms with Gasteiger partial charge in [-0.15, -0.1) is 0 Å². The highest BCUT2D eigenvalue weighted by molar-refractivity contribution is 8.00. The van der Waals surface area contributed by atoms with Gasteiger partial charge < -0.3 is 10.1 Å². The summed E-state index contributed by atoms with van der Waals surface area (Å²) in [6.45, 7) is 7.03. The molecule has 7 heteroatoms. The zero-order chi connectivity index (χ0) is 20.1. The molecule has 1 aromatic heterocycles. The van der Waals surface area contributed by atoms with Crippen molar-refractivity contribution in [2.24, 2.45) is 0 Å². The molecule has 0 saturated carbocycles. The van der Waals surface area contributed by atoms with Crippen LogP contribution >= 0.6 is 11.8 Å². The quantitative estimate of drug-likeness (QED) is 0.774. The van der Waals surface area contributed by atoms with Crippen LogP contribution in [0.3, 0.4) is 0 Å². The minimum absolute atomic E-state index is 0.00430. The number of anilines is 1. The van der Waals surface area contributed by atoms with Gasteiger partial charge in [-0.05, 0) is 49.6 Å². The second-order valence-electron chi connectivity index (χ2n) is 6.77. The van der Waals surface area contributed by atoms with Crippen molar-refractivity contribution in [3.8, 4) is 5.75 Å². The second kappa shape index (κ2) is 9.10. The number of fused-ring (bicyclic) bond motifs is 1. The molecule has 1 aliphatic heterocycles. The van der Waals surface area contributed by atoms with E-state index in [1.54, 1.807) is 4.90 Å². The number of benzene rings is 1. The first-order valence-corrected chi connectivity index (χ1v) is 10.4. The molecular weight excluding hydrogens is 374 g/mol. The van der Waals surface area contributed by atoms with Crippen molar-refractivity contribution in [2.75, 3.05) is 23.8 Å². The molecule has 1 N–H and O–H groups in total. The lowest BCUT2D eigenvalue weighted by Gasteiger charge is -2.29. The van der Waals surface area contributed by atoms with Gasteiger partial charge in [0.15, 0.2) is 0 Å². The summed E-state index contributed by atoms with van der Waals surface area (Å²) in [5.41, 5.74) is 3.60. The van der Waals surface area contributed by atoms with Crippen molar-refractivity contribution in [1.29, 1.82) is 0 Å². The predicted octanol–water partition coefficient (Wildman–Crippen LogP) is 3.24. The summed E-state index contributed by atoms with van der Waals surface area (Å²) >= 11 is 1.43. The molecule has 148 valence electrons. The Labute approximate surface area is 169 Å². The highest BCUT2D eigenvalue weighted by Crippen LogP contribution is 2.36. The molecule has 1 aromatic carbocycles. The monoisotopic (exact) mass is 399 g/mol. The maximum absolute atomic E-state index is 12.5. The summed E-state index contributed by atoms with van der Waals surface area (Å²) in [6, 6.07) is 9.59. The zero-order valence-corrected chi connectivity index (χ0v) is 17.3. The molecule has 6 nitrogen and oxygen atoms in total. The fourth-order valence-corrected chi connectivity index (χ4v) is 4.08. The normalized spacial score (nSPS) is 13.2. The van der Waals surface area contributed by atoms with Crippen molar-refractivity contribution in [2.45, 2.75) is 38.8 Å². The number of nitrogens with zero attached hydrogens (tertiary/aromatic N) is 2. The summed E-state index contributed by atoms with van der Waals surface area (Å²) in [5.74, 6) is 0.856. The van der Waals surface area contributed by atoms with Crippen LogP contribution in [0.4, 0.5) is 5.69 Å².